The Labute approximate surface area is 317 Å². The summed E-state index contributed by atoms with van der Waals surface area (Å²) in [6.45, 7) is 2.52. The minimum Gasteiger partial charge on any atom is -0.461 e. The average Bonchev–Trinajstić information content (AvgIpc) is 3.90. The number of alkyl halides is 6. The van der Waals surface area contributed by atoms with Crippen molar-refractivity contribution in [1.29, 1.82) is 0 Å². The van der Waals surface area contributed by atoms with E-state index in [1.165, 1.54) is 21.3 Å². The number of hydrogen-bond acceptors (Lipinski definition) is 13. The lowest BCUT2D eigenvalue weighted by Gasteiger charge is -2.26. The second kappa shape index (κ2) is 16.9. The highest BCUT2D eigenvalue weighted by Crippen LogP contribution is 2.28. The van der Waals surface area contributed by atoms with Crippen LogP contribution in [-0.2, 0) is 65.9 Å². The van der Waals surface area contributed by atoms with Crippen LogP contribution in [0.2, 0.25) is 0 Å². The number of carbonyl (C=O) groups is 2. The highest BCUT2D eigenvalue weighted by atomic mass is 19.4. The summed E-state index contributed by atoms with van der Waals surface area (Å²) in [5, 5.41) is 12.5. The summed E-state index contributed by atoms with van der Waals surface area (Å²) in [7, 11) is 1.53. The fraction of sp³-hybridized carbons (Fsp3) is 0.469. The van der Waals surface area contributed by atoms with E-state index in [4.69, 9.17) is 15.2 Å². The summed E-state index contributed by atoms with van der Waals surface area (Å²) in [5.41, 5.74) is 7.72. The van der Waals surface area contributed by atoms with Crippen molar-refractivity contribution in [3.05, 3.63) is 69.2 Å². The number of anilines is 1. The Morgan fingerprint density at radius 3 is 2.21 bits per heavy atom. The molecule has 5 aromatic rings. The van der Waals surface area contributed by atoms with Crippen molar-refractivity contribution in [2.24, 2.45) is 0 Å². The molecule has 2 amide bonds. The lowest BCUT2D eigenvalue weighted by molar-refractivity contribution is -0.145. The molecule has 5 N–H and O–H groups in total. The number of ether oxygens (including phenoxy) is 2. The Bertz CT molecular complexity index is 2240. The van der Waals surface area contributed by atoms with Crippen molar-refractivity contribution in [1.82, 2.24) is 64.6 Å². The van der Waals surface area contributed by atoms with Crippen LogP contribution in [0.3, 0.4) is 0 Å². The zero-order valence-electron chi connectivity index (χ0n) is 30.2. The van der Waals surface area contributed by atoms with Crippen LogP contribution in [0.25, 0.3) is 11.2 Å². The molecule has 0 unspecified atom stereocenters. The summed E-state index contributed by atoms with van der Waals surface area (Å²) in [5.74, 6) is -2.53. The van der Waals surface area contributed by atoms with E-state index >= 15 is 0 Å². The van der Waals surface area contributed by atoms with E-state index in [1.54, 1.807) is 24.3 Å². The number of nitrogens with two attached hydrogens (primary N) is 1. The third-order valence-corrected chi connectivity index (χ3v) is 8.62. The molecule has 306 valence electrons. The lowest BCUT2D eigenvalue weighted by atomic mass is 10.1. The Kier molecular flexibility index (Phi) is 12.1. The number of H-pyrrole nitrogens is 1. The third kappa shape index (κ3) is 10.0. The highest BCUT2D eigenvalue weighted by Gasteiger charge is 2.39. The quantitative estimate of drug-likeness (QED) is 0.109. The minimum absolute atomic E-state index is 0.0208. The molecule has 25 heteroatoms. The van der Waals surface area contributed by atoms with Gasteiger partial charge in [0.1, 0.15) is 23.8 Å². The van der Waals surface area contributed by atoms with Gasteiger partial charge in [0.25, 0.3) is 11.6 Å². The maximum absolute atomic E-state index is 12.9. The standard InChI is InChI=1S/C26H29F3N10O5.C6H7F3N4/c1-43-10-11-44-24-34-21(30)20-22(35-24)38(25(42)33-20)13-16-4-2-15(3-5-16)12-31-18(40)6-7-19(41)37-8-9-39-17(14-37)32-23(36-39)26(27,28)29;7-6(8,9)5-11-4-3-10-1-2-13(4)12-5/h2-5H,6-14H2,1H3,(H,31,40)(H,33,42)(H2,30,34,35);10H,1-3H2. The molecule has 0 spiro atoms. The first-order chi connectivity index (χ1) is 27.1. The largest absolute Gasteiger partial charge is 0.461 e. The van der Waals surface area contributed by atoms with Gasteiger partial charge in [-0.1, -0.05) is 24.3 Å². The third-order valence-electron chi connectivity index (χ3n) is 8.62. The Balaban J connectivity index is 0.000000355. The number of imidazole rings is 1. The minimum atomic E-state index is -4.66. The summed E-state index contributed by atoms with van der Waals surface area (Å²) in [6.07, 6.45) is -9.29. The molecule has 0 saturated heterocycles. The SMILES string of the molecule is COCCOc1nc(N)c2[nH]c(=O)n(Cc3ccc(CNC(=O)CCC(=O)N4CCn5nc(C(F)(F)F)nc5C4)cc3)c2n1.FC(F)(F)c1nc2n(n1)CCNC2. The van der Waals surface area contributed by atoms with Crippen LogP contribution in [0.1, 0.15) is 47.3 Å². The van der Waals surface area contributed by atoms with Crippen LogP contribution in [0.5, 0.6) is 6.01 Å². The molecule has 4 aromatic heterocycles. The summed E-state index contributed by atoms with van der Waals surface area (Å²) >= 11 is 0. The highest BCUT2D eigenvalue weighted by molar-refractivity contribution is 5.84. The molecule has 2 aliphatic rings. The molecular weight excluding hydrogens is 774 g/mol. The number of nitrogen functional groups attached to an aromatic ring is 1. The van der Waals surface area contributed by atoms with Gasteiger partial charge in [-0.3, -0.25) is 14.2 Å². The van der Waals surface area contributed by atoms with Crippen molar-refractivity contribution in [3.63, 3.8) is 0 Å². The predicted molar refractivity (Wildman–Crippen MR) is 184 cm³/mol. The number of halogens is 6. The number of benzene rings is 1. The number of hydrogen-bond donors (Lipinski definition) is 4. The van der Waals surface area contributed by atoms with Gasteiger partial charge < -0.3 is 35.7 Å². The zero-order valence-corrected chi connectivity index (χ0v) is 30.2. The maximum Gasteiger partial charge on any atom is 0.453 e. The fourth-order valence-electron chi connectivity index (χ4n) is 5.73. The van der Waals surface area contributed by atoms with E-state index in [0.717, 1.165) is 15.8 Å². The van der Waals surface area contributed by atoms with E-state index in [-0.39, 0.29) is 81.6 Å². The molecule has 0 radical (unpaired) electrons. The zero-order chi connectivity index (χ0) is 40.9. The molecule has 0 bridgehead atoms. The van der Waals surface area contributed by atoms with E-state index in [1.807, 2.05) is 0 Å². The summed E-state index contributed by atoms with van der Waals surface area (Å²) in [4.78, 5) is 56.8. The van der Waals surface area contributed by atoms with Gasteiger partial charge in [0.2, 0.25) is 11.8 Å². The lowest BCUT2D eigenvalue weighted by Crippen LogP contribution is -2.39. The second-order valence-corrected chi connectivity index (χ2v) is 12.7. The van der Waals surface area contributed by atoms with Gasteiger partial charge in [-0.15, -0.1) is 10.2 Å². The van der Waals surface area contributed by atoms with Crippen molar-refractivity contribution in [2.75, 3.05) is 39.1 Å². The molecule has 19 nitrogen and oxygen atoms in total. The fourth-order valence-corrected chi connectivity index (χ4v) is 5.73. The molecule has 0 fully saturated rings. The van der Waals surface area contributed by atoms with Crippen LogP contribution >= 0.6 is 0 Å². The molecule has 6 heterocycles. The van der Waals surface area contributed by atoms with Crippen LogP contribution in [-0.4, -0.2) is 99.2 Å². The molecule has 57 heavy (non-hydrogen) atoms. The number of fused-ring (bicyclic) bond motifs is 3. The van der Waals surface area contributed by atoms with Gasteiger partial charge in [0, 0.05) is 39.6 Å². The average molecular weight is 811 g/mol. The first-order valence-corrected chi connectivity index (χ1v) is 17.3. The molecule has 0 atom stereocenters. The van der Waals surface area contributed by atoms with Gasteiger partial charge >= 0.3 is 24.1 Å². The van der Waals surface area contributed by atoms with Crippen LogP contribution in [0.15, 0.2) is 29.1 Å². The normalized spacial score (nSPS) is 14.1. The number of nitrogens with one attached hydrogen (secondary N) is 3. The van der Waals surface area contributed by atoms with E-state index < -0.39 is 29.7 Å². The Morgan fingerprint density at radius 2 is 1.54 bits per heavy atom. The van der Waals surface area contributed by atoms with E-state index in [9.17, 15) is 40.7 Å². The first-order valence-electron chi connectivity index (χ1n) is 17.3. The van der Waals surface area contributed by atoms with Crippen molar-refractivity contribution < 1.29 is 45.4 Å². The number of carbonyl (C=O) groups excluding carboxylic acids is 2. The predicted octanol–water partition coefficient (Wildman–Crippen LogP) is 1.22. The van der Waals surface area contributed by atoms with Crippen LogP contribution in [0, 0.1) is 0 Å². The molecule has 0 saturated carbocycles. The monoisotopic (exact) mass is 810 g/mol. The van der Waals surface area contributed by atoms with Gasteiger partial charge in [0.15, 0.2) is 11.5 Å². The van der Waals surface area contributed by atoms with Crippen molar-refractivity contribution in [2.45, 2.75) is 64.5 Å². The maximum atomic E-state index is 12.9. The number of rotatable bonds is 11. The molecule has 7 rings (SSSR count). The number of aromatic nitrogens is 10. The Morgan fingerprint density at radius 1 is 0.877 bits per heavy atom. The van der Waals surface area contributed by atoms with Crippen LogP contribution in [0.4, 0.5) is 32.2 Å². The Hall–Kier alpha value is -6.11. The van der Waals surface area contributed by atoms with Gasteiger partial charge in [-0.05, 0) is 11.1 Å². The summed E-state index contributed by atoms with van der Waals surface area (Å²) in [6, 6.07) is 7.21. The first kappa shape index (κ1) is 40.6. The molecule has 2 aliphatic heterocycles. The summed E-state index contributed by atoms with van der Waals surface area (Å²) < 4.78 is 89.2. The van der Waals surface area contributed by atoms with Crippen LogP contribution < -0.4 is 26.8 Å². The van der Waals surface area contributed by atoms with Crippen molar-refractivity contribution in [3.8, 4) is 6.01 Å². The number of amides is 2. The van der Waals surface area contributed by atoms with E-state index in [0.29, 0.717) is 43.2 Å². The van der Waals surface area contributed by atoms with Crippen molar-refractivity contribution >= 4 is 28.8 Å². The van der Waals surface area contributed by atoms with Gasteiger partial charge in [-0.2, -0.15) is 36.3 Å². The smallest absolute Gasteiger partial charge is 0.453 e. The number of methoxy groups -OCH3 is 1. The van der Waals surface area contributed by atoms with Gasteiger partial charge in [-0.25, -0.2) is 24.1 Å². The topological polar surface area (TPSA) is 231 Å². The second-order valence-electron chi connectivity index (χ2n) is 12.7. The van der Waals surface area contributed by atoms with E-state index in [2.05, 4.69) is 45.8 Å². The number of nitrogens with zero attached hydrogens (tertiary/aromatic N) is 10. The van der Waals surface area contributed by atoms with Gasteiger partial charge in [0.05, 0.1) is 39.3 Å². The number of aromatic amines is 1. The molecule has 1 aromatic carbocycles. The molecular formula is C32H36F6N14O5. The molecule has 0 aliphatic carbocycles.